The van der Waals surface area contributed by atoms with Gasteiger partial charge in [0.15, 0.2) is 0 Å². The minimum Gasteiger partial charge on any atom is -0.343 e. The molecule has 0 spiro atoms. The molecule has 0 aromatic heterocycles. The summed E-state index contributed by atoms with van der Waals surface area (Å²) in [6, 6.07) is 20.2. The summed E-state index contributed by atoms with van der Waals surface area (Å²) in [4.78, 5) is 16.2. The molecule has 392 valence electrons. The fraction of sp³-hybridized carbons (Fsp3) is 0.574. The molecule has 13 nitrogen and oxygen atoms in total. The van der Waals surface area contributed by atoms with Crippen LogP contribution in [0.2, 0.25) is 0 Å². The summed E-state index contributed by atoms with van der Waals surface area (Å²) < 4.78 is 28.8. The fourth-order valence-electron chi connectivity index (χ4n) is 9.46. The molecule has 3 saturated heterocycles. The van der Waals surface area contributed by atoms with Crippen molar-refractivity contribution in [2.75, 3.05) is 95.7 Å². The van der Waals surface area contributed by atoms with Gasteiger partial charge >= 0.3 is 212 Å². The van der Waals surface area contributed by atoms with Gasteiger partial charge < -0.3 is 49.9 Å². The number of carbonyl (C=O) groups excluding carboxylic acids is 1. The van der Waals surface area contributed by atoms with E-state index in [1.165, 1.54) is 22.5 Å². The number of anilines is 1. The van der Waals surface area contributed by atoms with E-state index >= 15 is 0 Å². The summed E-state index contributed by atoms with van der Waals surface area (Å²) >= 11 is 12.7. The average molecular weight is 1050 g/mol. The van der Waals surface area contributed by atoms with Gasteiger partial charge in [-0.15, -0.1) is 0 Å². The number of allylic oxidation sites excluding steroid dienone is 8. The topological polar surface area (TPSA) is 185 Å². The van der Waals surface area contributed by atoms with Gasteiger partial charge in [-0.25, -0.2) is 0 Å². The number of carbonyl (C=O) groups is 1. The van der Waals surface area contributed by atoms with Crippen molar-refractivity contribution in [3.63, 3.8) is 0 Å². The van der Waals surface area contributed by atoms with E-state index in [9.17, 15) is 13.2 Å². The number of halogens is 1. The Balaban J connectivity index is 0.00000105. The van der Waals surface area contributed by atoms with Crippen molar-refractivity contribution in [3.8, 4) is 0 Å². The molecule has 2 bridgehead atoms. The Labute approximate surface area is 433 Å². The van der Waals surface area contributed by atoms with Gasteiger partial charge in [0.05, 0.1) is 16.8 Å². The number of rotatable bonds is 15. The minimum absolute atomic E-state index is 0.104. The molecule has 2 aromatic rings. The van der Waals surface area contributed by atoms with Gasteiger partial charge in [-0.2, -0.15) is 14.8 Å². The van der Waals surface area contributed by atoms with Crippen LogP contribution in [0, 0.1) is 13.0 Å². The second-order valence-electron chi connectivity index (χ2n) is 20.3. The van der Waals surface area contributed by atoms with Gasteiger partial charge in [0.1, 0.15) is 0 Å². The number of unbranched alkanes of at least 4 members (excludes halogenated alkanes) is 3. The third kappa shape index (κ3) is 17.6. The first-order valence-corrected chi connectivity index (χ1v) is 27.8. The summed E-state index contributed by atoms with van der Waals surface area (Å²) in [6.45, 7) is 22.3. The molecule has 0 radical (unpaired) electrons. The van der Waals surface area contributed by atoms with Crippen LogP contribution in [0.4, 0.5) is 5.69 Å². The molecule has 70 heavy (non-hydrogen) atoms. The van der Waals surface area contributed by atoms with E-state index in [0.29, 0.717) is 38.9 Å². The zero-order valence-electron chi connectivity index (χ0n) is 42.2. The van der Waals surface area contributed by atoms with Crippen LogP contribution in [-0.2, 0) is 40.8 Å². The van der Waals surface area contributed by atoms with E-state index in [1.807, 2.05) is 18.2 Å². The Hall–Kier alpha value is -3.05. The second-order valence-corrected chi connectivity index (χ2v) is 22.8. The summed E-state index contributed by atoms with van der Waals surface area (Å²) in [5.41, 5.74) is 12.8. The Kier molecular flexibility index (Phi) is 23.0. The first kappa shape index (κ1) is 57.8. The number of hydrogen-bond acceptors (Lipinski definition) is 11. The van der Waals surface area contributed by atoms with Crippen molar-refractivity contribution in [3.05, 3.63) is 119 Å². The first-order chi connectivity index (χ1) is 33.4. The third-order valence-corrected chi connectivity index (χ3v) is 15.7. The van der Waals surface area contributed by atoms with Crippen LogP contribution in [0.25, 0.3) is 0 Å². The van der Waals surface area contributed by atoms with Gasteiger partial charge in [-0.1, -0.05) is 25.0 Å². The summed E-state index contributed by atoms with van der Waals surface area (Å²) in [5.74, 6) is -0.0662. The zero-order valence-corrected chi connectivity index (χ0v) is 44.8. The van der Waals surface area contributed by atoms with E-state index in [4.69, 9.17) is 36.9 Å². The summed E-state index contributed by atoms with van der Waals surface area (Å²) in [5, 5.41) is 25.8. The van der Waals surface area contributed by atoms with E-state index < -0.39 is 15.7 Å². The third-order valence-electron chi connectivity index (χ3n) is 13.7. The molecular formula is C54H82ClN9NiO4S-2. The normalized spacial score (nSPS) is 24.2. The molecule has 2 aromatic carbocycles. The van der Waals surface area contributed by atoms with Crippen LogP contribution in [-0.4, -0.2) is 125 Å². The Morgan fingerprint density at radius 2 is 1.49 bits per heavy atom. The van der Waals surface area contributed by atoms with Gasteiger partial charge in [-0.3, -0.25) is 9.35 Å². The number of amides is 1. The zero-order chi connectivity index (χ0) is 50.7. The minimum atomic E-state index is -3.73. The molecule has 0 unspecified atom stereocenters. The van der Waals surface area contributed by atoms with Gasteiger partial charge in [0.25, 0.3) is 10.1 Å². The molecule has 16 heteroatoms. The molecule has 1 aliphatic carbocycles. The maximum Gasteiger partial charge on any atom is 0.264 e. The van der Waals surface area contributed by atoms with E-state index in [0.717, 1.165) is 125 Å². The smallest absolute Gasteiger partial charge is 0.264 e. The quantitative estimate of drug-likeness (QED) is 0.0474. The van der Waals surface area contributed by atoms with Crippen molar-refractivity contribution < 1.29 is 32.8 Å². The van der Waals surface area contributed by atoms with Crippen LogP contribution >= 0.6 is 11.6 Å². The predicted octanol–water partition coefficient (Wildman–Crippen LogP) is 5.49. The van der Waals surface area contributed by atoms with E-state index in [-0.39, 0.29) is 28.0 Å². The maximum atomic E-state index is 13.7. The number of nitrogens with two attached hydrogens (primary N) is 1. The van der Waals surface area contributed by atoms with Crippen LogP contribution in [0.15, 0.2) is 94.7 Å². The van der Waals surface area contributed by atoms with Crippen LogP contribution in [0.1, 0.15) is 96.6 Å². The summed E-state index contributed by atoms with van der Waals surface area (Å²) in [6.07, 6.45) is 15.9. The van der Waals surface area contributed by atoms with Crippen molar-refractivity contribution >= 4 is 37.8 Å². The number of hydrogen-bond donors (Lipinski definition) is 9. The van der Waals surface area contributed by atoms with E-state index in [1.54, 1.807) is 0 Å². The number of fused-ring (bicyclic) bond motifs is 16. The molecule has 5 aliphatic rings. The Morgan fingerprint density at radius 3 is 2.06 bits per heavy atom. The molecule has 7 rings (SSSR count). The fourth-order valence-corrected chi connectivity index (χ4v) is 10.6. The van der Waals surface area contributed by atoms with Crippen LogP contribution in [0.5, 0.6) is 0 Å². The SMILES string of the molecule is CC(C)([C](=[Ni])/C=C/C1=C(Cl)C(=C/C=C2/N(CCCCCC(=O)NC34CNCCNCC(N)(CNCCNC3)CNCCNC4)c3ccccc3C2(C)C)/CCC1)c1[c-]cccc1.[CH2-]CCCS(=O)(=O)O. The molecular weight excluding hydrogens is 965 g/mol. The molecule has 0 saturated carbocycles. The molecule has 10 N–H and O–H groups in total. The van der Waals surface area contributed by atoms with Crippen molar-refractivity contribution in [1.29, 1.82) is 0 Å². The molecule has 4 heterocycles. The number of nitrogens with one attached hydrogen (secondary N) is 7. The molecule has 1 amide bonds. The van der Waals surface area contributed by atoms with Gasteiger partial charge in [-0.05, 0) is 6.42 Å². The Morgan fingerprint density at radius 1 is 0.886 bits per heavy atom. The van der Waals surface area contributed by atoms with Crippen molar-refractivity contribution in [2.45, 2.75) is 107 Å². The van der Waals surface area contributed by atoms with E-state index in [2.05, 4.69) is 137 Å². The maximum absolute atomic E-state index is 13.7. The molecule has 0 atom stereocenters. The molecule has 4 aliphatic heterocycles. The van der Waals surface area contributed by atoms with Crippen molar-refractivity contribution in [1.82, 2.24) is 37.2 Å². The monoisotopic (exact) mass is 1050 g/mol. The number of para-hydroxylation sites is 1. The Bertz CT molecular complexity index is 2210. The number of benzene rings is 2. The van der Waals surface area contributed by atoms with Crippen LogP contribution in [0.3, 0.4) is 0 Å². The van der Waals surface area contributed by atoms with Gasteiger partial charge in [0, 0.05) is 85.0 Å². The average Bonchev–Trinajstić information content (AvgIpc) is 3.54. The van der Waals surface area contributed by atoms with Crippen molar-refractivity contribution in [2.24, 2.45) is 5.73 Å². The van der Waals surface area contributed by atoms with Crippen LogP contribution < -0.4 is 47.9 Å². The predicted molar refractivity (Wildman–Crippen MR) is 287 cm³/mol. The van der Waals surface area contributed by atoms with Gasteiger partial charge in [0.2, 0.25) is 5.91 Å². The standard InChI is InChI=1S/C50H73ClN9O.C4H9O3S.Ni/c1-47(2,41-18-7-5-8-19-41)25-14-17-39-15-13-16-40(46(39)51)23-24-44-48(3,4)42-20-10-11-21-43(42)60(44)32-12-6-9-22-45(61)59-50-36-56-29-26-53-33-49(52,34-54-27-30-57-37-50)35-55-28-31-58-38-50;1-2-3-4-8(5,6)7;/h5,7-8,10-11,14,17-18,20-21,23-24,53-58H,6,9,12-13,15-16,22,26-38,52H2,1-4H3,(H,59,61);1-4H2,(H,5,6,7);/q2*-1;/b17-14+,40-23+,44-24+;;. The molecule has 3 fully saturated rings. The first-order valence-electron chi connectivity index (χ1n) is 25.3. The second kappa shape index (κ2) is 27.9. The largest absolute Gasteiger partial charge is 0.343 e. The number of nitrogens with zero attached hydrogens (tertiary/aromatic N) is 1. The summed E-state index contributed by atoms with van der Waals surface area (Å²) in [7, 11) is -3.73.